The van der Waals surface area contributed by atoms with Gasteiger partial charge < -0.3 is 10.5 Å². The lowest BCUT2D eigenvalue weighted by molar-refractivity contribution is -0.124. The predicted octanol–water partition coefficient (Wildman–Crippen LogP) is 1.41. The van der Waals surface area contributed by atoms with Crippen LogP contribution in [-0.2, 0) is 14.8 Å². The summed E-state index contributed by atoms with van der Waals surface area (Å²) in [5.74, 6) is -3.14. The minimum atomic E-state index is -4.24. The zero-order valence-corrected chi connectivity index (χ0v) is 13.0. The molecule has 2 aromatic carbocycles. The van der Waals surface area contributed by atoms with E-state index in [-0.39, 0.29) is 18.0 Å². The van der Waals surface area contributed by atoms with Gasteiger partial charge in [0.15, 0.2) is 17.7 Å². The number of hydrogen-bond acceptors (Lipinski definition) is 4. The minimum absolute atomic E-state index is 0.152. The van der Waals surface area contributed by atoms with Crippen molar-refractivity contribution in [3.8, 4) is 5.75 Å². The molecule has 1 atom stereocenters. The number of halogens is 2. The molecular weight excluding hydrogens is 342 g/mol. The Morgan fingerprint density at radius 3 is 2.54 bits per heavy atom. The summed E-state index contributed by atoms with van der Waals surface area (Å²) in [6.45, 7) is -0.367. The second-order valence-corrected chi connectivity index (χ2v) is 6.95. The Morgan fingerprint density at radius 2 is 1.88 bits per heavy atom. The van der Waals surface area contributed by atoms with Crippen LogP contribution in [-0.4, -0.2) is 27.0 Å². The Bertz CT molecular complexity index is 917. The number of carbonyl (C=O) groups excluding carboxylic acids is 1. The number of fused-ring (bicyclic) bond motifs is 1. The molecular formula is C15H12F2N2O4S. The van der Waals surface area contributed by atoms with Gasteiger partial charge in [-0.05, 0) is 30.3 Å². The first-order chi connectivity index (χ1) is 11.3. The molecule has 2 N–H and O–H groups in total. The average molecular weight is 354 g/mol. The topological polar surface area (TPSA) is 89.7 Å². The van der Waals surface area contributed by atoms with Gasteiger partial charge in [0.1, 0.15) is 5.75 Å². The van der Waals surface area contributed by atoms with Crippen LogP contribution in [0.3, 0.4) is 0 Å². The third-order valence-corrected chi connectivity index (χ3v) is 5.31. The lowest BCUT2D eigenvalue weighted by atomic mass is 10.2. The van der Waals surface area contributed by atoms with Crippen molar-refractivity contribution in [2.24, 2.45) is 5.73 Å². The highest BCUT2D eigenvalue weighted by Crippen LogP contribution is 2.36. The van der Waals surface area contributed by atoms with Gasteiger partial charge in [0.25, 0.3) is 15.9 Å². The van der Waals surface area contributed by atoms with Crippen molar-refractivity contribution in [3.63, 3.8) is 0 Å². The van der Waals surface area contributed by atoms with Crippen molar-refractivity contribution < 1.29 is 26.7 Å². The third-order valence-electron chi connectivity index (χ3n) is 3.53. The van der Waals surface area contributed by atoms with E-state index in [1.165, 1.54) is 12.1 Å². The van der Waals surface area contributed by atoms with Crippen LogP contribution in [0.1, 0.15) is 0 Å². The van der Waals surface area contributed by atoms with Crippen LogP contribution in [0.25, 0.3) is 0 Å². The summed E-state index contributed by atoms with van der Waals surface area (Å²) >= 11 is 0. The van der Waals surface area contributed by atoms with Gasteiger partial charge in [0.05, 0.1) is 17.1 Å². The fraction of sp³-hybridized carbons (Fsp3) is 0.133. The highest BCUT2D eigenvalue weighted by atomic mass is 32.2. The van der Waals surface area contributed by atoms with Crippen molar-refractivity contribution in [1.29, 1.82) is 0 Å². The molecule has 0 fully saturated rings. The molecule has 24 heavy (non-hydrogen) atoms. The number of primary amides is 1. The quantitative estimate of drug-likeness (QED) is 0.902. The molecule has 1 aliphatic heterocycles. The number of carbonyl (C=O) groups is 1. The molecule has 1 amide bonds. The number of nitrogens with zero attached hydrogens (tertiary/aromatic N) is 1. The molecule has 0 bridgehead atoms. The van der Waals surface area contributed by atoms with E-state index in [2.05, 4.69) is 0 Å². The van der Waals surface area contributed by atoms with Crippen molar-refractivity contribution in [3.05, 3.63) is 54.1 Å². The lowest BCUT2D eigenvalue weighted by Crippen LogP contribution is -2.49. The molecule has 126 valence electrons. The molecule has 0 saturated heterocycles. The normalized spacial score (nSPS) is 17.1. The van der Waals surface area contributed by atoms with Crippen LogP contribution in [0.5, 0.6) is 5.75 Å². The second kappa shape index (κ2) is 5.75. The maximum absolute atomic E-state index is 13.4. The largest absolute Gasteiger partial charge is 0.476 e. The van der Waals surface area contributed by atoms with Crippen molar-refractivity contribution >= 4 is 21.6 Å². The van der Waals surface area contributed by atoms with Crippen LogP contribution in [0.2, 0.25) is 0 Å². The summed E-state index contributed by atoms with van der Waals surface area (Å²) in [5, 5.41) is 0. The van der Waals surface area contributed by atoms with Gasteiger partial charge in [0.2, 0.25) is 0 Å². The summed E-state index contributed by atoms with van der Waals surface area (Å²) in [6, 6.07) is 8.40. The van der Waals surface area contributed by atoms with E-state index in [0.29, 0.717) is 6.07 Å². The van der Waals surface area contributed by atoms with Gasteiger partial charge in [-0.15, -0.1) is 0 Å². The van der Waals surface area contributed by atoms with Crippen molar-refractivity contribution in [2.75, 3.05) is 10.8 Å². The number of ether oxygens (including phenoxy) is 1. The number of benzene rings is 2. The molecule has 0 aromatic heterocycles. The van der Waals surface area contributed by atoms with Crippen LogP contribution >= 0.6 is 0 Å². The second-order valence-electron chi connectivity index (χ2n) is 5.09. The van der Waals surface area contributed by atoms with E-state index in [0.717, 1.165) is 16.4 Å². The van der Waals surface area contributed by atoms with Crippen LogP contribution < -0.4 is 14.8 Å². The highest BCUT2D eigenvalue weighted by molar-refractivity contribution is 7.92. The molecule has 6 nitrogen and oxygen atoms in total. The molecule has 0 spiro atoms. The molecule has 3 rings (SSSR count). The summed E-state index contributed by atoms with van der Waals surface area (Å²) in [5.41, 5.74) is 5.40. The molecule has 9 heteroatoms. The summed E-state index contributed by atoms with van der Waals surface area (Å²) in [7, 11) is -4.24. The Labute approximate surface area is 136 Å². The molecule has 0 radical (unpaired) electrons. The zero-order valence-electron chi connectivity index (χ0n) is 12.1. The first-order valence-corrected chi connectivity index (χ1v) is 8.27. The van der Waals surface area contributed by atoms with Gasteiger partial charge in [-0.3, -0.25) is 9.10 Å². The van der Waals surface area contributed by atoms with E-state index in [1.54, 1.807) is 12.1 Å². The molecule has 0 saturated carbocycles. The van der Waals surface area contributed by atoms with E-state index in [1.807, 2.05) is 0 Å². The molecule has 2 aromatic rings. The molecule has 1 unspecified atom stereocenters. The van der Waals surface area contributed by atoms with E-state index in [4.69, 9.17) is 10.5 Å². The first-order valence-electron chi connectivity index (χ1n) is 6.83. The Hall–Kier alpha value is -2.68. The Kier molecular flexibility index (Phi) is 3.88. The van der Waals surface area contributed by atoms with Crippen molar-refractivity contribution in [1.82, 2.24) is 0 Å². The standard InChI is InChI=1S/C15H12F2N2O4S/c16-10-6-5-9(7-11(10)17)24(21,22)19-8-14(15(18)20)23-13-4-2-1-3-12(13)19/h1-7,14H,8H2,(H2,18,20). The van der Waals surface area contributed by atoms with Gasteiger partial charge >= 0.3 is 0 Å². The maximum atomic E-state index is 13.4. The fourth-order valence-corrected chi connectivity index (χ4v) is 3.83. The highest BCUT2D eigenvalue weighted by Gasteiger charge is 2.36. The van der Waals surface area contributed by atoms with Crippen molar-refractivity contribution in [2.45, 2.75) is 11.0 Å². The van der Waals surface area contributed by atoms with E-state index < -0.39 is 38.6 Å². The third kappa shape index (κ3) is 2.67. The summed E-state index contributed by atoms with van der Waals surface area (Å²) < 4.78 is 58.4. The van der Waals surface area contributed by atoms with Crippen LogP contribution in [0.15, 0.2) is 47.4 Å². The maximum Gasteiger partial charge on any atom is 0.264 e. The number of rotatable bonds is 3. The number of sulfonamides is 1. The number of nitrogens with two attached hydrogens (primary N) is 1. The van der Waals surface area contributed by atoms with Crippen LogP contribution in [0.4, 0.5) is 14.5 Å². The summed E-state index contributed by atoms with van der Waals surface area (Å²) in [6.07, 6.45) is -1.19. The Morgan fingerprint density at radius 1 is 1.17 bits per heavy atom. The van der Waals surface area contributed by atoms with Crippen LogP contribution in [0, 0.1) is 11.6 Å². The lowest BCUT2D eigenvalue weighted by Gasteiger charge is -2.34. The van der Waals surface area contributed by atoms with Gasteiger partial charge in [0, 0.05) is 0 Å². The fourth-order valence-electron chi connectivity index (χ4n) is 2.34. The molecule has 1 heterocycles. The number of para-hydroxylation sites is 2. The van der Waals surface area contributed by atoms with Gasteiger partial charge in [-0.2, -0.15) is 0 Å². The SMILES string of the molecule is NC(=O)C1CN(S(=O)(=O)c2ccc(F)c(F)c2)c2ccccc2O1. The van der Waals surface area contributed by atoms with Gasteiger partial charge in [-0.1, -0.05) is 12.1 Å². The first kappa shape index (κ1) is 16.2. The minimum Gasteiger partial charge on any atom is -0.476 e. The average Bonchev–Trinajstić information content (AvgIpc) is 2.56. The molecule has 0 aliphatic carbocycles. The monoisotopic (exact) mass is 354 g/mol. The Balaban J connectivity index is 2.12. The smallest absolute Gasteiger partial charge is 0.264 e. The van der Waals surface area contributed by atoms with E-state index >= 15 is 0 Å². The van der Waals surface area contributed by atoms with Gasteiger partial charge in [-0.25, -0.2) is 17.2 Å². The number of hydrogen-bond donors (Lipinski definition) is 1. The predicted molar refractivity (Wildman–Crippen MR) is 80.9 cm³/mol. The molecule has 1 aliphatic rings. The summed E-state index contributed by atoms with van der Waals surface area (Å²) in [4.78, 5) is 11.0. The zero-order chi connectivity index (χ0) is 17.5. The number of amides is 1. The van der Waals surface area contributed by atoms with E-state index in [9.17, 15) is 22.0 Å². The number of anilines is 1.